The van der Waals surface area contributed by atoms with Crippen LogP contribution in [-0.4, -0.2) is 57.6 Å². The van der Waals surface area contributed by atoms with E-state index in [2.05, 4.69) is 33.3 Å². The number of sulfonamides is 1. The van der Waals surface area contributed by atoms with Gasteiger partial charge in [0, 0.05) is 56.0 Å². The number of rotatable bonds is 14. The molecular weight excluding hydrogens is 562 g/mol. The molecule has 2 aromatic rings. The number of hydrogen-bond donors (Lipinski definition) is 2. The molecule has 1 heterocycles. The fourth-order valence-corrected chi connectivity index (χ4v) is 6.21. The number of amides is 1. The molecule has 10 heteroatoms. The predicted molar refractivity (Wildman–Crippen MR) is 160 cm³/mol. The number of hydrogen-bond acceptors (Lipinski definition) is 6. The zero-order valence-electron chi connectivity index (χ0n) is 23.6. The molecule has 0 aromatic heterocycles. The number of likely N-dealkylation sites (N-methyl/N-ethyl adjacent to an activating group) is 1. The first-order valence-electron chi connectivity index (χ1n) is 14.2. The highest BCUT2D eigenvalue weighted by Crippen LogP contribution is 2.53. The minimum atomic E-state index is -3.72. The van der Waals surface area contributed by atoms with E-state index < -0.39 is 15.6 Å². The van der Waals surface area contributed by atoms with Gasteiger partial charge >= 0.3 is 0 Å². The quantitative estimate of drug-likeness (QED) is 0.295. The number of benzene rings is 2. The zero-order valence-corrected chi connectivity index (χ0v) is 25.2. The maximum atomic E-state index is 12.9. The lowest BCUT2D eigenvalue weighted by Gasteiger charge is -2.30. The highest BCUT2D eigenvalue weighted by molar-refractivity contribution is 7.89. The van der Waals surface area contributed by atoms with Gasteiger partial charge in [-0.2, -0.15) is 0 Å². The Balaban J connectivity index is 1.27. The van der Waals surface area contributed by atoms with E-state index in [0.717, 1.165) is 54.7 Å². The molecule has 2 fully saturated rings. The van der Waals surface area contributed by atoms with Crippen LogP contribution in [0, 0.1) is 0 Å². The molecule has 220 valence electrons. The van der Waals surface area contributed by atoms with Gasteiger partial charge in [-0.25, -0.2) is 13.1 Å². The Kier molecular flexibility index (Phi) is 9.09. The lowest BCUT2D eigenvalue weighted by molar-refractivity contribution is -0.118. The maximum Gasteiger partial charge on any atom is 0.240 e. The van der Waals surface area contributed by atoms with Crippen molar-refractivity contribution in [2.24, 2.45) is 0 Å². The van der Waals surface area contributed by atoms with Crippen molar-refractivity contribution in [1.82, 2.24) is 14.9 Å². The molecule has 8 nitrogen and oxygen atoms in total. The summed E-state index contributed by atoms with van der Waals surface area (Å²) in [5.41, 5.74) is 3.46. The van der Waals surface area contributed by atoms with E-state index in [9.17, 15) is 13.2 Å². The van der Waals surface area contributed by atoms with Crippen molar-refractivity contribution in [1.29, 1.82) is 0 Å². The van der Waals surface area contributed by atoms with Gasteiger partial charge in [0.15, 0.2) is 0 Å². The minimum absolute atomic E-state index is 0.0964. The van der Waals surface area contributed by atoms with Gasteiger partial charge in [0.25, 0.3) is 0 Å². The van der Waals surface area contributed by atoms with Crippen molar-refractivity contribution < 1.29 is 22.7 Å². The summed E-state index contributed by atoms with van der Waals surface area (Å²) in [7, 11) is -1.67. The summed E-state index contributed by atoms with van der Waals surface area (Å²) in [6, 6.07) is 12.9. The third kappa shape index (κ3) is 7.52. The Labute approximate surface area is 247 Å². The number of nitrogens with one attached hydrogen (secondary N) is 2. The van der Waals surface area contributed by atoms with E-state index in [1.54, 1.807) is 12.1 Å². The van der Waals surface area contributed by atoms with Crippen LogP contribution in [-0.2, 0) is 26.2 Å². The summed E-state index contributed by atoms with van der Waals surface area (Å²) in [6.45, 7) is 3.23. The van der Waals surface area contributed by atoms with Gasteiger partial charge in [-0.15, -0.1) is 0 Å². The smallest absolute Gasteiger partial charge is 0.240 e. The van der Waals surface area contributed by atoms with Crippen LogP contribution in [0.25, 0.3) is 5.57 Å². The standard InChI is InChI=1S/C31H38ClN3O5S/c1-22(36)33-16-5-6-17-34-41(37,38)25-11-12-29(32)23(19-25)21-39-31(14-15-31)28-20-35(2)18-13-26(28)27-7-3-4-8-30(27)40-24-9-10-24/h3-4,7-8,11-13,19-20,24,34H,5-6,9-10,14-18,21H2,1-2H3,(H,33,36). The number of carbonyl (C=O) groups excluding carboxylic acids is 1. The second-order valence-corrected chi connectivity index (χ2v) is 13.2. The van der Waals surface area contributed by atoms with Crippen LogP contribution in [0.2, 0.25) is 5.02 Å². The molecule has 2 N–H and O–H groups in total. The lowest BCUT2D eigenvalue weighted by Crippen LogP contribution is -2.27. The van der Waals surface area contributed by atoms with Crippen LogP contribution in [0.3, 0.4) is 0 Å². The van der Waals surface area contributed by atoms with Gasteiger partial charge in [-0.05, 0) is 73.9 Å². The molecule has 5 rings (SSSR count). The number of halogens is 1. The fraction of sp³-hybridized carbons (Fsp3) is 0.452. The topological polar surface area (TPSA) is 97.0 Å². The van der Waals surface area contributed by atoms with Crippen molar-refractivity contribution in [3.05, 3.63) is 76.5 Å². The molecule has 2 aromatic carbocycles. The van der Waals surface area contributed by atoms with E-state index in [4.69, 9.17) is 21.1 Å². The highest BCUT2D eigenvalue weighted by atomic mass is 35.5. The maximum absolute atomic E-state index is 12.9. The molecule has 0 unspecified atom stereocenters. The van der Waals surface area contributed by atoms with Crippen molar-refractivity contribution in [2.75, 3.05) is 26.7 Å². The van der Waals surface area contributed by atoms with Gasteiger partial charge in [-0.3, -0.25) is 4.79 Å². The first-order chi connectivity index (χ1) is 19.7. The summed E-state index contributed by atoms with van der Waals surface area (Å²) < 4.78 is 41.4. The van der Waals surface area contributed by atoms with E-state index in [1.165, 1.54) is 13.0 Å². The molecule has 1 aliphatic heterocycles. The Bertz CT molecular complexity index is 1450. The van der Waals surface area contributed by atoms with Gasteiger partial charge in [0.05, 0.1) is 23.2 Å². The van der Waals surface area contributed by atoms with Gasteiger partial charge in [-0.1, -0.05) is 35.9 Å². The normalized spacial score (nSPS) is 18.0. The van der Waals surface area contributed by atoms with Crippen LogP contribution >= 0.6 is 11.6 Å². The summed E-state index contributed by atoms with van der Waals surface area (Å²) in [6.07, 6.45) is 9.90. The van der Waals surface area contributed by atoms with Gasteiger partial charge in [0.1, 0.15) is 5.75 Å². The van der Waals surface area contributed by atoms with Crippen LogP contribution in [0.1, 0.15) is 56.6 Å². The zero-order chi connectivity index (χ0) is 29.0. The third-order valence-electron chi connectivity index (χ3n) is 7.51. The van der Waals surface area contributed by atoms with Crippen molar-refractivity contribution in [2.45, 2.75) is 68.7 Å². The van der Waals surface area contributed by atoms with Crippen LogP contribution in [0.15, 0.2) is 65.2 Å². The van der Waals surface area contributed by atoms with E-state index >= 15 is 0 Å². The molecule has 2 aliphatic carbocycles. The second kappa shape index (κ2) is 12.6. The summed E-state index contributed by atoms with van der Waals surface area (Å²) in [5.74, 6) is 0.803. The predicted octanol–water partition coefficient (Wildman–Crippen LogP) is 5.04. The second-order valence-electron chi connectivity index (χ2n) is 11.0. The summed E-state index contributed by atoms with van der Waals surface area (Å²) >= 11 is 6.51. The van der Waals surface area contributed by atoms with Gasteiger partial charge in [0.2, 0.25) is 15.9 Å². The molecule has 2 saturated carbocycles. The highest BCUT2D eigenvalue weighted by Gasteiger charge is 2.50. The number of carbonyl (C=O) groups is 1. The SMILES string of the molecule is CC(=O)NCCCCNS(=O)(=O)c1ccc(Cl)c(COC2(C3=CN(C)CC=C3c3ccccc3OC3CC3)CC2)c1. The molecular formula is C31H38ClN3O5S. The van der Waals surface area contributed by atoms with Crippen molar-refractivity contribution >= 4 is 33.1 Å². The Morgan fingerprint density at radius 1 is 1.12 bits per heavy atom. The average Bonchev–Trinajstić information content (AvgIpc) is 3.88. The first-order valence-corrected chi connectivity index (χ1v) is 16.1. The molecule has 0 spiro atoms. The van der Waals surface area contributed by atoms with E-state index in [1.807, 2.05) is 25.2 Å². The molecule has 3 aliphatic rings. The monoisotopic (exact) mass is 599 g/mol. The number of unbranched alkanes of at least 4 members (excludes halogenated alkanes) is 1. The largest absolute Gasteiger partial charge is 0.490 e. The van der Waals surface area contributed by atoms with Crippen LogP contribution < -0.4 is 14.8 Å². The third-order valence-corrected chi connectivity index (χ3v) is 9.34. The molecule has 1 amide bonds. The Morgan fingerprint density at radius 2 is 1.88 bits per heavy atom. The van der Waals surface area contributed by atoms with E-state index in [0.29, 0.717) is 36.1 Å². The average molecular weight is 600 g/mol. The Hall–Kier alpha value is -2.85. The molecule has 0 bridgehead atoms. The molecule has 0 atom stereocenters. The number of para-hydroxylation sites is 1. The Morgan fingerprint density at radius 3 is 2.61 bits per heavy atom. The summed E-state index contributed by atoms with van der Waals surface area (Å²) in [5, 5.41) is 3.17. The van der Waals surface area contributed by atoms with Crippen LogP contribution in [0.5, 0.6) is 5.75 Å². The lowest BCUT2D eigenvalue weighted by atomic mass is 9.90. The van der Waals surface area contributed by atoms with Crippen molar-refractivity contribution in [3.63, 3.8) is 0 Å². The molecule has 41 heavy (non-hydrogen) atoms. The van der Waals surface area contributed by atoms with Crippen molar-refractivity contribution in [3.8, 4) is 5.75 Å². The number of nitrogens with zero attached hydrogens (tertiary/aromatic N) is 1. The first kappa shape index (κ1) is 29.6. The summed E-state index contributed by atoms with van der Waals surface area (Å²) in [4.78, 5) is 13.3. The molecule has 0 saturated heterocycles. The van der Waals surface area contributed by atoms with Crippen LogP contribution in [0.4, 0.5) is 0 Å². The number of ether oxygens (including phenoxy) is 2. The van der Waals surface area contributed by atoms with E-state index in [-0.39, 0.29) is 24.0 Å². The van der Waals surface area contributed by atoms with Gasteiger partial charge < -0.3 is 19.7 Å². The minimum Gasteiger partial charge on any atom is -0.490 e. The molecule has 0 radical (unpaired) electrons. The fourth-order valence-electron chi connectivity index (χ4n) is 4.92.